The van der Waals surface area contributed by atoms with Crippen LogP contribution in [-0.2, 0) is 61.7 Å². The quantitative estimate of drug-likeness (QED) is 0.0683. The Morgan fingerprint density at radius 1 is 0.435 bits per heavy atom. The standard InChI is InChI=1S/C39H66N2O28/c1-10-20(49)25(54)28(57)37(61-10)65-30-13(40-11(2)46)8-59-17(6-44)32(30)67-35-19(41-12(3)47)24(53)31(18(7-45)64-35)66-39-34(69-36-27(56)21(50)14(48)9-60-36)33(23(52)16(5-43)63-39)68-38-29(58)26(55)22(51)15(4-42)62-38/h10,13-39,42-45,48-58H,4-9H2,1-3H3,(H,40,46)(H,41,47)/t10-,13-,14+,15+,16+,17+,18+,19+,20+,21-,22+,23?,24+,25+,26-,27+,28-,29-,30+,31+,32+,33-,34-,35-,36-,37-,38+,39-/m0/s1. The molecule has 0 aromatic rings. The average molecular weight is 1010 g/mol. The minimum Gasteiger partial charge on any atom is -0.394 e. The van der Waals surface area contributed by atoms with Crippen molar-refractivity contribution in [3.8, 4) is 0 Å². The molecular weight excluding hydrogens is 944 g/mol. The summed E-state index contributed by atoms with van der Waals surface area (Å²) < 4.78 is 64.8. The first-order valence-electron chi connectivity index (χ1n) is 22.2. The van der Waals surface area contributed by atoms with Gasteiger partial charge < -0.3 is 139 Å². The van der Waals surface area contributed by atoms with Gasteiger partial charge >= 0.3 is 0 Å². The van der Waals surface area contributed by atoms with Crippen molar-refractivity contribution in [3.63, 3.8) is 0 Å². The van der Waals surface area contributed by atoms with Crippen LogP contribution in [0.1, 0.15) is 20.8 Å². The topological polar surface area (TPSA) is 463 Å². The number of aliphatic hydroxyl groups is 15. The lowest BCUT2D eigenvalue weighted by molar-refractivity contribution is -0.401. The molecule has 30 heteroatoms. The van der Waals surface area contributed by atoms with Crippen LogP contribution in [0.25, 0.3) is 0 Å². The Hall–Kier alpha value is -2.10. The van der Waals surface area contributed by atoms with Crippen molar-refractivity contribution < 1.29 is 138 Å². The molecule has 69 heavy (non-hydrogen) atoms. The van der Waals surface area contributed by atoms with Crippen LogP contribution in [0.5, 0.6) is 0 Å². The fourth-order valence-corrected chi connectivity index (χ4v) is 8.91. The summed E-state index contributed by atoms with van der Waals surface area (Å²) in [5.41, 5.74) is 0. The first-order chi connectivity index (χ1) is 32.6. The molecule has 0 radical (unpaired) electrons. The summed E-state index contributed by atoms with van der Waals surface area (Å²) in [4.78, 5) is 25.2. The van der Waals surface area contributed by atoms with Gasteiger partial charge in [0.05, 0.1) is 51.8 Å². The van der Waals surface area contributed by atoms with Crippen molar-refractivity contribution in [2.45, 2.75) is 192 Å². The zero-order chi connectivity index (χ0) is 50.8. The summed E-state index contributed by atoms with van der Waals surface area (Å²) in [6.45, 7) is -1.09. The molecule has 1 unspecified atom stereocenters. The van der Waals surface area contributed by atoms with Crippen LogP contribution >= 0.6 is 0 Å². The van der Waals surface area contributed by atoms with Gasteiger partial charge in [-0.3, -0.25) is 9.59 Å². The molecule has 0 bridgehead atoms. The maximum absolute atomic E-state index is 12.8. The molecule has 0 spiro atoms. The predicted octanol–water partition coefficient (Wildman–Crippen LogP) is -11.5. The molecule has 6 fully saturated rings. The van der Waals surface area contributed by atoms with Gasteiger partial charge in [-0.2, -0.15) is 0 Å². The lowest BCUT2D eigenvalue weighted by atomic mass is 9.93. The van der Waals surface area contributed by atoms with E-state index in [4.69, 9.17) is 52.1 Å². The molecular formula is C39H66N2O28. The van der Waals surface area contributed by atoms with Crippen LogP contribution in [-0.4, -0.2) is 300 Å². The summed E-state index contributed by atoms with van der Waals surface area (Å²) in [5.74, 6) is -1.41. The van der Waals surface area contributed by atoms with E-state index in [1.165, 1.54) is 6.92 Å². The third-order valence-corrected chi connectivity index (χ3v) is 12.7. The molecule has 28 atom stereocenters. The largest absolute Gasteiger partial charge is 0.394 e. The zero-order valence-electron chi connectivity index (χ0n) is 37.4. The Morgan fingerprint density at radius 3 is 1.54 bits per heavy atom. The molecule has 0 aliphatic carbocycles. The van der Waals surface area contributed by atoms with Gasteiger partial charge in [0.2, 0.25) is 11.8 Å². The van der Waals surface area contributed by atoms with E-state index in [0.29, 0.717) is 0 Å². The summed E-state index contributed by atoms with van der Waals surface area (Å²) >= 11 is 0. The molecule has 0 aromatic heterocycles. The Bertz CT molecular complexity index is 1640. The molecule has 6 aliphatic heterocycles. The molecule has 6 saturated heterocycles. The third kappa shape index (κ3) is 12.3. The van der Waals surface area contributed by atoms with E-state index >= 15 is 0 Å². The molecule has 30 nitrogen and oxygen atoms in total. The molecule has 17 N–H and O–H groups in total. The number of ether oxygens (including phenoxy) is 11. The number of carbonyl (C=O) groups excluding carboxylic acids is 2. The smallest absolute Gasteiger partial charge is 0.217 e. The van der Waals surface area contributed by atoms with Crippen LogP contribution in [0, 0.1) is 0 Å². The van der Waals surface area contributed by atoms with E-state index in [1.54, 1.807) is 0 Å². The number of rotatable bonds is 16. The van der Waals surface area contributed by atoms with Crippen molar-refractivity contribution in [3.05, 3.63) is 0 Å². The molecule has 400 valence electrons. The van der Waals surface area contributed by atoms with Crippen LogP contribution in [0.3, 0.4) is 0 Å². The van der Waals surface area contributed by atoms with Crippen molar-refractivity contribution in [1.29, 1.82) is 0 Å². The van der Waals surface area contributed by atoms with Gasteiger partial charge in [0.15, 0.2) is 31.5 Å². The second kappa shape index (κ2) is 24.3. The van der Waals surface area contributed by atoms with Crippen molar-refractivity contribution >= 4 is 11.8 Å². The van der Waals surface area contributed by atoms with Gasteiger partial charge in [0, 0.05) is 13.8 Å². The van der Waals surface area contributed by atoms with E-state index in [-0.39, 0.29) is 6.61 Å². The van der Waals surface area contributed by atoms with Gasteiger partial charge in [-0.25, -0.2) is 0 Å². The minimum atomic E-state index is -2.08. The second-order valence-electron chi connectivity index (χ2n) is 17.7. The fraction of sp³-hybridized carbons (Fsp3) is 0.949. The molecule has 0 aromatic carbocycles. The van der Waals surface area contributed by atoms with Crippen LogP contribution < -0.4 is 10.6 Å². The molecule has 6 rings (SSSR count). The van der Waals surface area contributed by atoms with Gasteiger partial charge in [-0.05, 0) is 6.92 Å². The second-order valence-corrected chi connectivity index (χ2v) is 17.7. The number of nitrogens with one attached hydrogen (secondary N) is 2. The van der Waals surface area contributed by atoms with Crippen molar-refractivity contribution in [1.82, 2.24) is 10.6 Å². The summed E-state index contributed by atoms with van der Waals surface area (Å²) in [6, 6.07) is -2.87. The molecule has 2 amide bonds. The molecule has 0 saturated carbocycles. The van der Waals surface area contributed by atoms with E-state index in [0.717, 1.165) is 13.8 Å². The van der Waals surface area contributed by atoms with Gasteiger partial charge in [-0.15, -0.1) is 0 Å². The van der Waals surface area contributed by atoms with Crippen LogP contribution in [0.15, 0.2) is 0 Å². The summed E-state index contributed by atoms with van der Waals surface area (Å²) in [6.07, 6.45) is -46.4. The SMILES string of the molecule is CC(=O)N[C@H]1[C@H](O[C@H]2[C@H](O[C@@H]3O[C@@H](C)[C@@H](O)[C@@H](O)[C@@H]3O)[C@@H](NC(C)=O)CO[C@@H]2CO)O[C@H](CO)[C@@H](O[C@@H]2O[C@H](CO)C(O)[C@H](O[C@H]3O[C@H](CO)[C@@H](O)[C@H](O)[C@@H]3O)[C@@H]2O[C@@H]2OC[C@@H](O)[C@H](O)[C@H]2O)[C@@H]1O. The Balaban J connectivity index is 1.33. The van der Waals surface area contributed by atoms with E-state index in [1.807, 2.05) is 0 Å². The van der Waals surface area contributed by atoms with Gasteiger partial charge in [0.25, 0.3) is 0 Å². The Kier molecular flexibility index (Phi) is 19.8. The lowest BCUT2D eigenvalue weighted by Crippen LogP contribution is -2.70. The number of hydrogen-bond donors (Lipinski definition) is 17. The fourth-order valence-electron chi connectivity index (χ4n) is 8.91. The predicted molar refractivity (Wildman–Crippen MR) is 214 cm³/mol. The normalized spacial score (nSPS) is 49.8. The van der Waals surface area contributed by atoms with Gasteiger partial charge in [-0.1, -0.05) is 0 Å². The Morgan fingerprint density at radius 2 is 0.928 bits per heavy atom. The Labute approximate surface area is 392 Å². The highest BCUT2D eigenvalue weighted by molar-refractivity contribution is 5.73. The van der Waals surface area contributed by atoms with Crippen molar-refractivity contribution in [2.24, 2.45) is 0 Å². The molecule has 6 aliphatic rings. The number of aliphatic hydroxyl groups excluding tert-OH is 15. The van der Waals surface area contributed by atoms with Crippen LogP contribution in [0.4, 0.5) is 0 Å². The highest BCUT2D eigenvalue weighted by Gasteiger charge is 2.58. The number of hydrogen-bond acceptors (Lipinski definition) is 28. The van der Waals surface area contributed by atoms with E-state index in [2.05, 4.69) is 10.6 Å². The minimum absolute atomic E-state index is 0.324. The van der Waals surface area contributed by atoms with Crippen molar-refractivity contribution in [2.75, 3.05) is 39.6 Å². The number of carbonyl (C=O) groups is 2. The first-order valence-corrected chi connectivity index (χ1v) is 22.2. The van der Waals surface area contributed by atoms with Crippen LogP contribution in [0.2, 0.25) is 0 Å². The zero-order valence-corrected chi connectivity index (χ0v) is 37.4. The van der Waals surface area contributed by atoms with E-state index in [9.17, 15) is 86.2 Å². The average Bonchev–Trinajstić information content (AvgIpc) is 3.31. The monoisotopic (exact) mass is 1010 g/mol. The number of amides is 2. The summed E-state index contributed by atoms with van der Waals surface area (Å²) in [7, 11) is 0. The third-order valence-electron chi connectivity index (χ3n) is 12.7. The maximum atomic E-state index is 12.8. The molecule has 6 heterocycles. The summed E-state index contributed by atoms with van der Waals surface area (Å²) in [5, 5.41) is 165. The highest BCUT2D eigenvalue weighted by atomic mass is 16.8. The highest BCUT2D eigenvalue weighted by Crippen LogP contribution is 2.37. The van der Waals surface area contributed by atoms with Gasteiger partial charge in [0.1, 0.15) is 128 Å². The lowest BCUT2D eigenvalue weighted by Gasteiger charge is -2.51. The maximum Gasteiger partial charge on any atom is 0.217 e. The van der Waals surface area contributed by atoms with E-state index < -0.39 is 217 Å². The first kappa shape index (κ1) is 56.2.